The predicted molar refractivity (Wildman–Crippen MR) is 31.6 cm³/mol. The van der Waals surface area contributed by atoms with Crippen LogP contribution in [0.1, 0.15) is 16.2 Å². The summed E-state index contributed by atoms with van der Waals surface area (Å²) in [6, 6.07) is 0.940. The third-order valence-electron chi connectivity index (χ3n) is 1.11. The van der Waals surface area contributed by atoms with E-state index in [1.807, 2.05) is 0 Å². The molecule has 66 valence electrons. The highest BCUT2D eigenvalue weighted by Gasteiger charge is 2.41. The fourth-order valence-electron chi connectivity index (χ4n) is 0.610. The van der Waals surface area contributed by atoms with Gasteiger partial charge in [0, 0.05) is 6.07 Å². The molecule has 3 nitrogen and oxygen atoms in total. The zero-order chi connectivity index (χ0) is 9.35. The Balaban J connectivity index is 2.93. The van der Waals surface area contributed by atoms with Gasteiger partial charge in [-0.3, -0.25) is 4.79 Å². The minimum Gasteiger partial charge on any atom is -0.352 e. The van der Waals surface area contributed by atoms with Crippen molar-refractivity contribution in [3.63, 3.8) is 0 Å². The fraction of sp³-hybridized carbons (Fsp3) is 0.333. The molecule has 1 aromatic rings. The SMILES string of the molecule is Cc1cc(C(=O)C(F)(F)F)on1. The molecule has 0 saturated heterocycles. The van der Waals surface area contributed by atoms with Crippen LogP contribution >= 0.6 is 0 Å². The summed E-state index contributed by atoms with van der Waals surface area (Å²) >= 11 is 0. The van der Waals surface area contributed by atoms with Crippen LogP contribution in [0, 0.1) is 6.92 Å². The summed E-state index contributed by atoms with van der Waals surface area (Å²) in [6.45, 7) is 1.43. The standard InChI is InChI=1S/C6H4F3NO2/c1-3-2-4(12-10-3)5(11)6(7,8)9/h2H,1H3. The Morgan fingerprint density at radius 2 is 2.17 bits per heavy atom. The van der Waals surface area contributed by atoms with Crippen molar-refractivity contribution in [1.82, 2.24) is 5.16 Å². The number of halogens is 3. The smallest absolute Gasteiger partial charge is 0.352 e. The predicted octanol–water partition coefficient (Wildman–Crippen LogP) is 1.73. The van der Waals surface area contributed by atoms with E-state index in [2.05, 4.69) is 9.68 Å². The molecule has 0 amide bonds. The van der Waals surface area contributed by atoms with Crippen molar-refractivity contribution in [2.45, 2.75) is 13.1 Å². The maximum atomic E-state index is 11.7. The highest BCUT2D eigenvalue weighted by Crippen LogP contribution is 2.21. The number of ketones is 1. The Bertz CT molecular complexity index is 302. The minimum atomic E-state index is -4.90. The van der Waals surface area contributed by atoms with Crippen molar-refractivity contribution < 1.29 is 22.5 Å². The zero-order valence-corrected chi connectivity index (χ0v) is 5.97. The topological polar surface area (TPSA) is 43.1 Å². The van der Waals surface area contributed by atoms with Crippen LogP contribution in [0.3, 0.4) is 0 Å². The van der Waals surface area contributed by atoms with Crippen LogP contribution < -0.4 is 0 Å². The first-order valence-electron chi connectivity index (χ1n) is 2.96. The van der Waals surface area contributed by atoms with Crippen molar-refractivity contribution >= 4 is 5.78 Å². The number of carbonyl (C=O) groups is 1. The fourth-order valence-corrected chi connectivity index (χ4v) is 0.610. The molecule has 12 heavy (non-hydrogen) atoms. The van der Waals surface area contributed by atoms with Crippen LogP contribution in [-0.4, -0.2) is 17.1 Å². The van der Waals surface area contributed by atoms with Gasteiger partial charge in [0.1, 0.15) is 0 Å². The molecule has 0 unspecified atom stereocenters. The van der Waals surface area contributed by atoms with E-state index >= 15 is 0 Å². The maximum absolute atomic E-state index is 11.7. The molecule has 0 atom stereocenters. The van der Waals surface area contributed by atoms with Crippen molar-refractivity contribution in [2.75, 3.05) is 0 Å². The number of nitrogens with zero attached hydrogens (tertiary/aromatic N) is 1. The van der Waals surface area contributed by atoms with Gasteiger partial charge in [0.2, 0.25) is 5.76 Å². The van der Waals surface area contributed by atoms with Crippen molar-refractivity contribution in [3.05, 3.63) is 17.5 Å². The molecule has 1 aromatic heterocycles. The first-order chi connectivity index (χ1) is 5.41. The molecule has 0 saturated carbocycles. The van der Waals surface area contributed by atoms with Crippen LogP contribution in [0.25, 0.3) is 0 Å². The minimum absolute atomic E-state index is 0.239. The van der Waals surface area contributed by atoms with Gasteiger partial charge in [-0.15, -0.1) is 0 Å². The molecule has 1 rings (SSSR count). The van der Waals surface area contributed by atoms with E-state index in [0.717, 1.165) is 6.07 Å². The van der Waals surface area contributed by atoms with E-state index in [1.165, 1.54) is 6.92 Å². The van der Waals surface area contributed by atoms with E-state index in [0.29, 0.717) is 0 Å². The Hall–Kier alpha value is -1.33. The summed E-state index contributed by atoms with van der Waals surface area (Å²) in [5.41, 5.74) is 0.239. The van der Waals surface area contributed by atoms with E-state index in [-0.39, 0.29) is 5.69 Å². The number of aromatic nitrogens is 1. The van der Waals surface area contributed by atoms with Gasteiger partial charge in [-0.25, -0.2) is 0 Å². The number of aryl methyl sites for hydroxylation is 1. The van der Waals surface area contributed by atoms with Gasteiger partial charge in [0.25, 0.3) is 0 Å². The number of rotatable bonds is 1. The Morgan fingerprint density at radius 1 is 1.58 bits per heavy atom. The van der Waals surface area contributed by atoms with Gasteiger partial charge in [0.15, 0.2) is 0 Å². The molecule has 0 fully saturated rings. The number of hydrogen-bond donors (Lipinski definition) is 0. The zero-order valence-electron chi connectivity index (χ0n) is 5.97. The van der Waals surface area contributed by atoms with Crippen molar-refractivity contribution in [3.8, 4) is 0 Å². The van der Waals surface area contributed by atoms with Gasteiger partial charge in [-0.05, 0) is 6.92 Å². The van der Waals surface area contributed by atoms with Gasteiger partial charge >= 0.3 is 12.0 Å². The second kappa shape index (κ2) is 2.62. The summed E-state index contributed by atoms with van der Waals surface area (Å²) in [5, 5.41) is 3.16. The largest absolute Gasteiger partial charge is 0.458 e. The first-order valence-corrected chi connectivity index (χ1v) is 2.96. The normalized spacial score (nSPS) is 11.7. The van der Waals surface area contributed by atoms with Gasteiger partial charge in [0.05, 0.1) is 5.69 Å². The third kappa shape index (κ3) is 1.63. The Kier molecular flexibility index (Phi) is 1.91. The lowest BCUT2D eigenvalue weighted by atomic mass is 10.3. The molecule has 0 radical (unpaired) electrons. The van der Waals surface area contributed by atoms with E-state index in [1.54, 1.807) is 0 Å². The molecule has 0 aliphatic heterocycles. The molecule has 0 spiro atoms. The molecule has 1 heterocycles. The van der Waals surface area contributed by atoms with E-state index in [9.17, 15) is 18.0 Å². The highest BCUT2D eigenvalue weighted by molar-refractivity contribution is 5.97. The molecule has 6 heteroatoms. The average Bonchev–Trinajstić information content (AvgIpc) is 2.32. The lowest BCUT2D eigenvalue weighted by molar-refractivity contribution is -0.0902. The Labute approximate surface area is 65.1 Å². The first kappa shape index (κ1) is 8.76. The molecule has 0 aliphatic rings. The summed E-state index contributed by atoms with van der Waals surface area (Å²) in [4.78, 5) is 10.4. The van der Waals surface area contributed by atoms with Gasteiger partial charge in [-0.1, -0.05) is 5.16 Å². The molecular weight excluding hydrogens is 175 g/mol. The Morgan fingerprint density at radius 3 is 2.50 bits per heavy atom. The van der Waals surface area contributed by atoms with Crippen LogP contribution in [0.15, 0.2) is 10.6 Å². The average molecular weight is 179 g/mol. The van der Waals surface area contributed by atoms with Crippen LogP contribution in [-0.2, 0) is 0 Å². The summed E-state index contributed by atoms with van der Waals surface area (Å²) < 4.78 is 39.3. The van der Waals surface area contributed by atoms with Crippen molar-refractivity contribution in [2.24, 2.45) is 0 Å². The number of alkyl halides is 3. The second-order valence-electron chi connectivity index (χ2n) is 2.16. The van der Waals surface area contributed by atoms with Gasteiger partial charge < -0.3 is 4.52 Å². The summed E-state index contributed by atoms with van der Waals surface area (Å²) in [7, 11) is 0. The number of carbonyl (C=O) groups excluding carboxylic acids is 1. The van der Waals surface area contributed by atoms with Crippen LogP contribution in [0.4, 0.5) is 13.2 Å². The molecule has 0 aliphatic carbocycles. The van der Waals surface area contributed by atoms with E-state index in [4.69, 9.17) is 0 Å². The summed E-state index contributed by atoms with van der Waals surface area (Å²) in [5.74, 6) is -2.79. The lowest BCUT2D eigenvalue weighted by Gasteiger charge is -1.99. The van der Waals surface area contributed by atoms with Crippen LogP contribution in [0.5, 0.6) is 0 Å². The molecule has 0 bridgehead atoms. The van der Waals surface area contributed by atoms with Crippen LogP contribution in [0.2, 0.25) is 0 Å². The van der Waals surface area contributed by atoms with Crippen molar-refractivity contribution in [1.29, 1.82) is 0 Å². The number of hydrogen-bond acceptors (Lipinski definition) is 3. The molecular formula is C6H4F3NO2. The number of Topliss-reactive ketones (excluding diaryl/α,β-unsaturated/α-hetero) is 1. The summed E-state index contributed by atoms with van der Waals surface area (Å²) in [6.07, 6.45) is -4.90. The monoisotopic (exact) mass is 179 g/mol. The molecule has 0 N–H and O–H groups in total. The quantitative estimate of drug-likeness (QED) is 0.616. The molecule has 0 aromatic carbocycles. The van der Waals surface area contributed by atoms with E-state index < -0.39 is 17.7 Å². The van der Waals surface area contributed by atoms with Gasteiger partial charge in [-0.2, -0.15) is 13.2 Å². The highest BCUT2D eigenvalue weighted by atomic mass is 19.4. The lowest BCUT2D eigenvalue weighted by Crippen LogP contribution is -2.22. The third-order valence-corrected chi connectivity index (χ3v) is 1.11. The second-order valence-corrected chi connectivity index (χ2v) is 2.16. The maximum Gasteiger partial charge on any atom is 0.458 e.